The fourth-order valence-electron chi connectivity index (χ4n) is 3.77. The zero-order chi connectivity index (χ0) is 21.6. The molecule has 0 bridgehead atoms. The molecule has 31 heavy (non-hydrogen) atoms. The summed E-state index contributed by atoms with van der Waals surface area (Å²) in [6.45, 7) is 0.943. The minimum absolute atomic E-state index is 0.236. The van der Waals surface area contributed by atoms with Gasteiger partial charge in [0.25, 0.3) is 0 Å². The summed E-state index contributed by atoms with van der Waals surface area (Å²) in [5, 5.41) is 0. The van der Waals surface area contributed by atoms with Crippen LogP contribution in [0.25, 0.3) is 0 Å². The van der Waals surface area contributed by atoms with Crippen LogP contribution in [0.4, 0.5) is 0 Å². The molecule has 1 spiro atoms. The molecule has 0 atom stereocenters. The van der Waals surface area contributed by atoms with Gasteiger partial charge in [-0.15, -0.1) is 0 Å². The summed E-state index contributed by atoms with van der Waals surface area (Å²) in [6, 6.07) is 20.2. The average molecular weight is 464 g/mol. The second-order valence-electron chi connectivity index (χ2n) is 8.44. The second-order valence-corrected chi connectivity index (χ2v) is 12.8. The molecule has 2 aromatic rings. The molecule has 8 heteroatoms. The first-order valence-corrected chi connectivity index (χ1v) is 14.3. The van der Waals surface area contributed by atoms with Gasteiger partial charge >= 0.3 is 15.2 Å². The molecule has 0 aliphatic carbocycles. The lowest BCUT2D eigenvalue weighted by Gasteiger charge is -2.43. The maximum absolute atomic E-state index is 12.9. The third kappa shape index (κ3) is 6.38. The van der Waals surface area contributed by atoms with Crippen LogP contribution in [0.2, 0.25) is 0 Å². The van der Waals surface area contributed by atoms with Crippen LogP contribution in [-0.4, -0.2) is 38.8 Å². The van der Waals surface area contributed by atoms with Gasteiger partial charge in [-0.2, -0.15) is 0 Å². The van der Waals surface area contributed by atoms with Crippen LogP contribution in [0.3, 0.4) is 0 Å². The normalized spacial score (nSPS) is 31.0. The lowest BCUT2D eigenvalue weighted by molar-refractivity contribution is -0.0684. The monoisotopic (exact) mass is 464 g/mol. The van der Waals surface area contributed by atoms with Crippen molar-refractivity contribution in [3.63, 3.8) is 0 Å². The van der Waals surface area contributed by atoms with Gasteiger partial charge in [-0.3, -0.25) is 9.13 Å². The third-order valence-electron chi connectivity index (χ3n) is 5.75. The number of rotatable bonds is 8. The van der Waals surface area contributed by atoms with Gasteiger partial charge in [-0.25, -0.2) is 0 Å². The van der Waals surface area contributed by atoms with Crippen molar-refractivity contribution in [2.75, 3.05) is 38.8 Å². The van der Waals surface area contributed by atoms with Crippen molar-refractivity contribution in [1.82, 2.24) is 0 Å². The highest BCUT2D eigenvalue weighted by Crippen LogP contribution is 2.59. The molecule has 0 unspecified atom stereocenters. The molecule has 0 aromatic heterocycles. The summed E-state index contributed by atoms with van der Waals surface area (Å²) < 4.78 is 48.5. The molecule has 0 N–H and O–H groups in total. The Morgan fingerprint density at radius 2 is 0.968 bits per heavy atom. The molecule has 0 radical (unpaired) electrons. The third-order valence-corrected chi connectivity index (χ3v) is 9.57. The van der Waals surface area contributed by atoms with Gasteiger partial charge in [0.15, 0.2) is 0 Å². The molecule has 2 aliphatic heterocycles. The van der Waals surface area contributed by atoms with E-state index in [2.05, 4.69) is 24.3 Å². The van der Waals surface area contributed by atoms with E-state index in [4.69, 9.17) is 18.1 Å². The average Bonchev–Trinajstić information content (AvgIpc) is 2.80. The number of hydrogen-bond acceptors (Lipinski definition) is 6. The SMILES string of the molecule is O=P1(CCCc2ccccc2)OCC2(CO1)COP(=O)(CCCc1ccccc1)OC2. The minimum Gasteiger partial charge on any atom is -0.308 e. The van der Waals surface area contributed by atoms with E-state index in [-0.39, 0.29) is 26.4 Å². The van der Waals surface area contributed by atoms with E-state index >= 15 is 0 Å². The predicted octanol–water partition coefficient (Wildman–Crippen LogP) is 5.72. The highest BCUT2D eigenvalue weighted by molar-refractivity contribution is 7.54. The fourth-order valence-corrected chi connectivity index (χ4v) is 7.41. The van der Waals surface area contributed by atoms with Gasteiger partial charge in [-0.05, 0) is 36.8 Å². The van der Waals surface area contributed by atoms with E-state index in [0.717, 1.165) is 25.7 Å². The topological polar surface area (TPSA) is 71.1 Å². The summed E-state index contributed by atoms with van der Waals surface area (Å²) in [4.78, 5) is 0. The molecule has 168 valence electrons. The Bertz CT molecular complexity index is 829. The van der Waals surface area contributed by atoms with Crippen molar-refractivity contribution in [1.29, 1.82) is 0 Å². The van der Waals surface area contributed by atoms with E-state index in [1.807, 2.05) is 36.4 Å². The first-order chi connectivity index (χ1) is 15.0. The van der Waals surface area contributed by atoms with Crippen molar-refractivity contribution < 1.29 is 27.2 Å². The Balaban J connectivity index is 1.20. The van der Waals surface area contributed by atoms with Gasteiger partial charge in [-0.1, -0.05) is 60.7 Å². The molecular formula is C23H30O6P2. The summed E-state index contributed by atoms with van der Waals surface area (Å²) in [5.74, 6) is 0. The summed E-state index contributed by atoms with van der Waals surface area (Å²) in [7, 11) is -6.21. The standard InChI is InChI=1S/C23H30O6P2/c24-30(15-7-13-21-9-3-1-4-10-21)26-17-23(18-27-30)19-28-31(25,29-20-23)16-8-14-22-11-5-2-6-12-22/h1-6,9-12H,7-8,13-20H2. The van der Waals surface area contributed by atoms with Crippen molar-refractivity contribution in [2.24, 2.45) is 5.41 Å². The molecule has 0 amide bonds. The Morgan fingerprint density at radius 3 is 1.32 bits per heavy atom. The zero-order valence-electron chi connectivity index (χ0n) is 17.7. The quantitative estimate of drug-likeness (QED) is 0.466. The fraction of sp³-hybridized carbons (Fsp3) is 0.478. The molecule has 2 aromatic carbocycles. The van der Waals surface area contributed by atoms with Gasteiger partial charge in [0.2, 0.25) is 0 Å². The molecule has 0 saturated carbocycles. The van der Waals surface area contributed by atoms with Gasteiger partial charge < -0.3 is 18.1 Å². The number of hydrogen-bond donors (Lipinski definition) is 0. The van der Waals surface area contributed by atoms with Gasteiger partial charge in [0.1, 0.15) is 0 Å². The van der Waals surface area contributed by atoms with Crippen molar-refractivity contribution in [3.8, 4) is 0 Å². The van der Waals surface area contributed by atoms with Gasteiger partial charge in [0.05, 0.1) is 44.2 Å². The highest BCUT2D eigenvalue weighted by atomic mass is 31.2. The molecule has 6 nitrogen and oxygen atoms in total. The Morgan fingerprint density at radius 1 is 0.613 bits per heavy atom. The van der Waals surface area contributed by atoms with Crippen molar-refractivity contribution >= 4 is 15.2 Å². The van der Waals surface area contributed by atoms with Crippen LogP contribution in [0.15, 0.2) is 60.7 Å². The van der Waals surface area contributed by atoms with E-state index in [1.54, 1.807) is 0 Å². The summed E-state index contributed by atoms with van der Waals surface area (Å²) in [5.41, 5.74) is 1.88. The van der Waals surface area contributed by atoms with E-state index in [1.165, 1.54) is 11.1 Å². The smallest absolute Gasteiger partial charge is 0.308 e. The molecule has 2 heterocycles. The number of benzene rings is 2. The molecule has 2 saturated heterocycles. The van der Waals surface area contributed by atoms with E-state index in [9.17, 15) is 9.13 Å². The van der Waals surface area contributed by atoms with E-state index < -0.39 is 20.6 Å². The maximum atomic E-state index is 12.9. The Labute approximate surface area is 184 Å². The zero-order valence-corrected chi connectivity index (χ0v) is 19.5. The molecular weight excluding hydrogens is 434 g/mol. The first kappa shape index (κ1) is 22.9. The first-order valence-electron chi connectivity index (χ1n) is 10.8. The van der Waals surface area contributed by atoms with Gasteiger partial charge in [0, 0.05) is 0 Å². The van der Waals surface area contributed by atoms with E-state index in [0.29, 0.717) is 12.3 Å². The lowest BCUT2D eigenvalue weighted by Crippen LogP contribution is -2.46. The minimum atomic E-state index is -3.11. The highest BCUT2D eigenvalue weighted by Gasteiger charge is 2.48. The Kier molecular flexibility index (Phi) is 7.48. The largest absolute Gasteiger partial charge is 0.330 e. The van der Waals surface area contributed by atoms with Crippen LogP contribution >= 0.6 is 15.2 Å². The predicted molar refractivity (Wildman–Crippen MR) is 121 cm³/mol. The van der Waals surface area contributed by atoms with Crippen LogP contribution in [-0.2, 0) is 40.1 Å². The van der Waals surface area contributed by atoms with Crippen molar-refractivity contribution in [2.45, 2.75) is 25.7 Å². The molecule has 2 aliphatic rings. The molecule has 4 rings (SSSR count). The van der Waals surface area contributed by atoms with Crippen molar-refractivity contribution in [3.05, 3.63) is 71.8 Å². The lowest BCUT2D eigenvalue weighted by atomic mass is 9.93. The summed E-state index contributed by atoms with van der Waals surface area (Å²) >= 11 is 0. The Hall–Kier alpha value is -1.26. The number of aryl methyl sites for hydroxylation is 2. The maximum Gasteiger partial charge on any atom is 0.330 e. The molecule has 2 fully saturated rings. The van der Waals surface area contributed by atoms with Crippen LogP contribution < -0.4 is 0 Å². The van der Waals surface area contributed by atoms with Crippen LogP contribution in [0.1, 0.15) is 24.0 Å². The van der Waals surface area contributed by atoms with Crippen LogP contribution in [0.5, 0.6) is 0 Å². The second kappa shape index (κ2) is 10.1. The van der Waals surface area contributed by atoms with Crippen LogP contribution in [0, 0.1) is 5.41 Å². The summed E-state index contributed by atoms with van der Waals surface area (Å²) in [6.07, 6.45) is 3.91.